The van der Waals surface area contributed by atoms with Crippen LogP contribution in [0.25, 0.3) is 10.9 Å². The molecule has 24 heavy (non-hydrogen) atoms. The molecule has 0 aliphatic carbocycles. The molecule has 0 atom stereocenters. The Kier molecular flexibility index (Phi) is 4.09. The van der Waals surface area contributed by atoms with Gasteiger partial charge in [-0.25, -0.2) is 9.18 Å². The number of hydrogen-bond donors (Lipinski definition) is 1. The fourth-order valence-corrected chi connectivity index (χ4v) is 2.94. The minimum atomic E-state index is -0.885. The van der Waals surface area contributed by atoms with Crippen LogP contribution in [0.2, 0.25) is 0 Å². The fourth-order valence-electron chi connectivity index (χ4n) is 2.94. The SMILES string of the molecule is CCOC(=O)c1cnc2c(C)cc(F)cc2c1N1CC(C(=O)O)C1. The molecular formula is C17H17FN2O4. The second kappa shape index (κ2) is 6.07. The lowest BCUT2D eigenvalue weighted by molar-refractivity contribution is -0.142. The second-order valence-electron chi connectivity index (χ2n) is 5.80. The average Bonchev–Trinajstić information content (AvgIpc) is 2.45. The van der Waals surface area contributed by atoms with Crippen LogP contribution < -0.4 is 4.90 Å². The summed E-state index contributed by atoms with van der Waals surface area (Å²) in [5, 5.41) is 9.56. The summed E-state index contributed by atoms with van der Waals surface area (Å²) in [6.07, 6.45) is 1.41. The van der Waals surface area contributed by atoms with Gasteiger partial charge in [0.15, 0.2) is 0 Å². The van der Waals surface area contributed by atoms with E-state index in [-0.39, 0.29) is 25.3 Å². The molecule has 1 aromatic carbocycles. The van der Waals surface area contributed by atoms with Crippen LogP contribution in [0.4, 0.5) is 10.1 Å². The third kappa shape index (κ3) is 2.66. The van der Waals surface area contributed by atoms with E-state index in [4.69, 9.17) is 9.84 Å². The van der Waals surface area contributed by atoms with Gasteiger partial charge in [0, 0.05) is 24.7 Å². The lowest BCUT2D eigenvalue weighted by Gasteiger charge is -2.40. The Morgan fingerprint density at radius 3 is 2.75 bits per heavy atom. The van der Waals surface area contributed by atoms with Crippen molar-refractivity contribution >= 4 is 28.5 Å². The number of carboxylic acid groups (broad SMARTS) is 1. The molecule has 1 aliphatic heterocycles. The fraction of sp³-hybridized carbons (Fsp3) is 0.353. The number of carbonyl (C=O) groups is 2. The topological polar surface area (TPSA) is 79.7 Å². The van der Waals surface area contributed by atoms with Crippen LogP contribution in [0.1, 0.15) is 22.8 Å². The van der Waals surface area contributed by atoms with Gasteiger partial charge in [0.2, 0.25) is 0 Å². The first-order valence-electron chi connectivity index (χ1n) is 7.66. The number of aryl methyl sites for hydroxylation is 1. The summed E-state index contributed by atoms with van der Waals surface area (Å²) in [4.78, 5) is 29.3. The van der Waals surface area contributed by atoms with Crippen LogP contribution in [0.15, 0.2) is 18.3 Å². The predicted octanol–water partition coefficient (Wildman–Crippen LogP) is 2.38. The Morgan fingerprint density at radius 2 is 2.12 bits per heavy atom. The van der Waals surface area contributed by atoms with Crippen molar-refractivity contribution in [3.63, 3.8) is 0 Å². The zero-order valence-electron chi connectivity index (χ0n) is 13.4. The number of fused-ring (bicyclic) bond motifs is 1. The zero-order valence-corrected chi connectivity index (χ0v) is 13.4. The second-order valence-corrected chi connectivity index (χ2v) is 5.80. The lowest BCUT2D eigenvalue weighted by Crippen LogP contribution is -2.51. The third-order valence-electron chi connectivity index (χ3n) is 4.14. The number of rotatable bonds is 4. The highest BCUT2D eigenvalue weighted by atomic mass is 19.1. The Morgan fingerprint density at radius 1 is 1.42 bits per heavy atom. The summed E-state index contributed by atoms with van der Waals surface area (Å²) < 4.78 is 18.9. The van der Waals surface area contributed by atoms with Crippen molar-refractivity contribution in [2.75, 3.05) is 24.6 Å². The number of aromatic nitrogens is 1. The molecule has 0 bridgehead atoms. The van der Waals surface area contributed by atoms with E-state index >= 15 is 0 Å². The first-order chi connectivity index (χ1) is 11.4. The van der Waals surface area contributed by atoms with E-state index in [1.165, 1.54) is 18.3 Å². The van der Waals surface area contributed by atoms with Crippen LogP contribution in [0, 0.1) is 18.7 Å². The maximum Gasteiger partial charge on any atom is 0.341 e. The van der Waals surface area contributed by atoms with E-state index in [0.717, 1.165) is 0 Å². The number of pyridine rings is 1. The molecule has 7 heteroatoms. The maximum atomic E-state index is 13.9. The molecule has 0 spiro atoms. The van der Waals surface area contributed by atoms with Gasteiger partial charge in [-0.15, -0.1) is 0 Å². The largest absolute Gasteiger partial charge is 0.481 e. The molecular weight excluding hydrogens is 315 g/mol. The number of benzene rings is 1. The minimum Gasteiger partial charge on any atom is -0.481 e. The van der Waals surface area contributed by atoms with Crippen molar-refractivity contribution in [1.82, 2.24) is 4.98 Å². The van der Waals surface area contributed by atoms with Crippen LogP contribution in [-0.2, 0) is 9.53 Å². The third-order valence-corrected chi connectivity index (χ3v) is 4.14. The van der Waals surface area contributed by atoms with Gasteiger partial charge in [-0.05, 0) is 31.5 Å². The summed E-state index contributed by atoms with van der Waals surface area (Å²) in [7, 11) is 0. The molecule has 6 nitrogen and oxygen atoms in total. The quantitative estimate of drug-likeness (QED) is 0.866. The monoisotopic (exact) mass is 332 g/mol. The van der Waals surface area contributed by atoms with Gasteiger partial charge in [-0.3, -0.25) is 9.78 Å². The number of hydrogen-bond acceptors (Lipinski definition) is 5. The Labute approximate surface area is 137 Å². The van der Waals surface area contributed by atoms with Gasteiger partial charge >= 0.3 is 11.9 Å². The number of esters is 1. The molecule has 1 N–H and O–H groups in total. The maximum absolute atomic E-state index is 13.9. The molecule has 0 saturated carbocycles. The highest BCUT2D eigenvalue weighted by molar-refractivity contribution is 6.06. The van der Waals surface area contributed by atoms with Gasteiger partial charge < -0.3 is 14.7 Å². The van der Waals surface area contributed by atoms with Crippen molar-refractivity contribution in [3.05, 3.63) is 35.3 Å². The summed E-state index contributed by atoms with van der Waals surface area (Å²) in [5.41, 5.74) is 1.94. The zero-order chi connectivity index (χ0) is 17.4. The standard InChI is InChI=1S/C17H17FN2O4/c1-3-24-17(23)13-6-19-14-9(2)4-11(18)5-12(14)15(13)20-7-10(8-20)16(21)22/h4-6,10H,3,7-8H2,1-2H3,(H,21,22). The van der Waals surface area contributed by atoms with Crippen molar-refractivity contribution in [2.45, 2.75) is 13.8 Å². The van der Waals surface area contributed by atoms with E-state index in [9.17, 15) is 14.0 Å². The summed E-state index contributed by atoms with van der Waals surface area (Å²) in [5.74, 6) is -2.37. The molecule has 2 aromatic rings. The Balaban J connectivity index is 2.15. The van der Waals surface area contributed by atoms with Gasteiger partial charge in [-0.2, -0.15) is 0 Å². The van der Waals surface area contributed by atoms with E-state index in [0.29, 0.717) is 22.2 Å². The van der Waals surface area contributed by atoms with E-state index in [2.05, 4.69) is 4.98 Å². The summed E-state index contributed by atoms with van der Waals surface area (Å²) >= 11 is 0. The van der Waals surface area contributed by atoms with E-state index in [1.807, 2.05) is 0 Å². The molecule has 0 amide bonds. The number of anilines is 1. The highest BCUT2D eigenvalue weighted by Gasteiger charge is 2.36. The van der Waals surface area contributed by atoms with Gasteiger partial charge in [0.25, 0.3) is 0 Å². The normalized spacial score (nSPS) is 14.5. The molecule has 1 saturated heterocycles. The summed E-state index contributed by atoms with van der Waals surface area (Å²) in [6, 6.07) is 2.70. The van der Waals surface area contributed by atoms with Crippen LogP contribution in [-0.4, -0.2) is 41.7 Å². The number of ether oxygens (including phenoxy) is 1. The lowest BCUT2D eigenvalue weighted by atomic mass is 9.96. The molecule has 1 aliphatic rings. The number of carboxylic acids is 1. The first-order valence-corrected chi connectivity index (χ1v) is 7.66. The van der Waals surface area contributed by atoms with Crippen LogP contribution >= 0.6 is 0 Å². The molecule has 0 radical (unpaired) electrons. The molecule has 0 unspecified atom stereocenters. The molecule has 1 fully saturated rings. The smallest absolute Gasteiger partial charge is 0.341 e. The first kappa shape index (κ1) is 16.2. The number of halogens is 1. The Bertz CT molecular complexity index is 831. The predicted molar refractivity (Wildman–Crippen MR) is 85.7 cm³/mol. The number of carbonyl (C=O) groups excluding carboxylic acids is 1. The van der Waals surface area contributed by atoms with Crippen LogP contribution in [0.3, 0.4) is 0 Å². The number of nitrogens with zero attached hydrogens (tertiary/aromatic N) is 2. The Hall–Kier alpha value is -2.70. The summed E-state index contributed by atoms with van der Waals surface area (Å²) in [6.45, 7) is 4.16. The van der Waals surface area contributed by atoms with Gasteiger partial charge in [0.1, 0.15) is 11.4 Å². The highest BCUT2D eigenvalue weighted by Crippen LogP contribution is 2.36. The molecule has 126 valence electrons. The molecule has 1 aromatic heterocycles. The van der Waals surface area contributed by atoms with Crippen molar-refractivity contribution < 1.29 is 23.8 Å². The van der Waals surface area contributed by atoms with Crippen LogP contribution in [0.5, 0.6) is 0 Å². The van der Waals surface area contributed by atoms with E-state index < -0.39 is 23.7 Å². The minimum absolute atomic E-state index is 0.205. The van der Waals surface area contributed by atoms with Crippen molar-refractivity contribution in [3.8, 4) is 0 Å². The molecule has 3 rings (SSSR count). The van der Waals surface area contributed by atoms with Gasteiger partial charge in [-0.1, -0.05) is 0 Å². The average molecular weight is 332 g/mol. The molecule has 2 heterocycles. The van der Waals surface area contributed by atoms with Crippen molar-refractivity contribution in [2.24, 2.45) is 5.92 Å². The number of aliphatic carboxylic acids is 1. The van der Waals surface area contributed by atoms with Crippen molar-refractivity contribution in [1.29, 1.82) is 0 Å². The van der Waals surface area contributed by atoms with Gasteiger partial charge in [0.05, 0.1) is 23.7 Å². The van der Waals surface area contributed by atoms with E-state index in [1.54, 1.807) is 18.7 Å².